The molecule has 3 nitrogen and oxygen atoms in total. The fraction of sp³-hybridized carbons (Fsp3) is 0.429. The summed E-state index contributed by atoms with van der Waals surface area (Å²) < 4.78 is 12.8. The van der Waals surface area contributed by atoms with E-state index in [9.17, 15) is 0 Å². The van der Waals surface area contributed by atoms with Crippen LogP contribution in [0.4, 0.5) is 0 Å². The average molecular weight is 452 g/mol. The molecule has 0 radical (unpaired) electrons. The third-order valence-electron chi connectivity index (χ3n) is 4.85. The summed E-state index contributed by atoms with van der Waals surface area (Å²) in [6.45, 7) is 1.57. The molecule has 2 aromatic carbocycles. The third kappa shape index (κ3) is 5.35. The zero-order valence-electron chi connectivity index (χ0n) is 14.8. The number of methoxy groups -OCH3 is 1. The van der Waals surface area contributed by atoms with Gasteiger partial charge in [0.05, 0.1) is 16.7 Å². The number of rotatable bonds is 7. The Balaban J connectivity index is 1.65. The van der Waals surface area contributed by atoms with Gasteiger partial charge in [-0.3, -0.25) is 0 Å². The maximum absolute atomic E-state index is 6.05. The molecule has 1 aliphatic rings. The first kappa shape index (κ1) is 18.5. The molecule has 0 spiro atoms. The molecule has 1 fully saturated rings. The SMILES string of the molecule is COc1cc(C[NH2+]C2CCCCC2)cc(I)c1OCc1ccccc1. The van der Waals surface area contributed by atoms with Gasteiger partial charge in [-0.25, -0.2) is 0 Å². The Morgan fingerprint density at radius 1 is 1.04 bits per heavy atom. The Morgan fingerprint density at radius 3 is 2.52 bits per heavy atom. The third-order valence-corrected chi connectivity index (χ3v) is 5.65. The normalized spacial score (nSPS) is 15.1. The quantitative estimate of drug-likeness (QED) is 0.637. The molecule has 0 heterocycles. The van der Waals surface area contributed by atoms with Crippen molar-refractivity contribution in [3.05, 3.63) is 57.2 Å². The topological polar surface area (TPSA) is 35.1 Å². The summed E-state index contributed by atoms with van der Waals surface area (Å²) in [7, 11) is 1.72. The van der Waals surface area contributed by atoms with Gasteiger partial charge in [-0.05, 0) is 66.0 Å². The van der Waals surface area contributed by atoms with Crippen LogP contribution in [0.2, 0.25) is 0 Å². The second kappa shape index (κ2) is 9.43. The van der Waals surface area contributed by atoms with Crippen LogP contribution in [-0.4, -0.2) is 13.2 Å². The van der Waals surface area contributed by atoms with Crippen LogP contribution in [0.25, 0.3) is 0 Å². The molecule has 134 valence electrons. The Bertz CT molecular complexity index is 669. The maximum Gasteiger partial charge on any atom is 0.174 e. The largest absolute Gasteiger partial charge is 0.493 e. The van der Waals surface area contributed by atoms with Gasteiger partial charge in [0.1, 0.15) is 13.2 Å². The molecule has 2 aromatic rings. The molecule has 0 bridgehead atoms. The summed E-state index contributed by atoms with van der Waals surface area (Å²) in [5.74, 6) is 1.67. The molecule has 0 amide bonds. The van der Waals surface area contributed by atoms with E-state index in [1.807, 2.05) is 18.2 Å². The minimum absolute atomic E-state index is 0.556. The lowest BCUT2D eigenvalue weighted by molar-refractivity contribution is -0.706. The fourth-order valence-electron chi connectivity index (χ4n) is 3.43. The van der Waals surface area contributed by atoms with Gasteiger partial charge in [0, 0.05) is 5.56 Å². The van der Waals surface area contributed by atoms with Crippen LogP contribution < -0.4 is 14.8 Å². The summed E-state index contributed by atoms with van der Waals surface area (Å²) in [6, 6.07) is 15.4. The lowest BCUT2D eigenvalue weighted by Gasteiger charge is -2.20. The monoisotopic (exact) mass is 452 g/mol. The molecule has 0 unspecified atom stereocenters. The van der Waals surface area contributed by atoms with Gasteiger partial charge < -0.3 is 14.8 Å². The Labute approximate surface area is 164 Å². The van der Waals surface area contributed by atoms with E-state index in [0.29, 0.717) is 6.61 Å². The lowest BCUT2D eigenvalue weighted by atomic mass is 9.95. The number of benzene rings is 2. The molecule has 0 saturated heterocycles. The van der Waals surface area contributed by atoms with Crippen molar-refractivity contribution in [1.29, 1.82) is 0 Å². The minimum Gasteiger partial charge on any atom is -0.493 e. The maximum atomic E-state index is 6.05. The molecule has 0 aliphatic heterocycles. The van der Waals surface area contributed by atoms with Crippen LogP contribution in [-0.2, 0) is 13.2 Å². The highest BCUT2D eigenvalue weighted by atomic mass is 127. The Kier molecular flexibility index (Phi) is 6.99. The van der Waals surface area contributed by atoms with E-state index >= 15 is 0 Å². The number of hydrogen-bond acceptors (Lipinski definition) is 2. The van der Waals surface area contributed by atoms with E-state index in [0.717, 1.165) is 33.2 Å². The van der Waals surface area contributed by atoms with Crippen LogP contribution in [0, 0.1) is 3.57 Å². The van der Waals surface area contributed by atoms with Crippen molar-refractivity contribution in [2.75, 3.05) is 7.11 Å². The first-order valence-electron chi connectivity index (χ1n) is 9.12. The molecular weight excluding hydrogens is 425 g/mol. The van der Waals surface area contributed by atoms with E-state index in [1.165, 1.54) is 37.7 Å². The fourth-order valence-corrected chi connectivity index (χ4v) is 4.26. The van der Waals surface area contributed by atoms with E-state index in [4.69, 9.17) is 9.47 Å². The molecule has 1 aliphatic carbocycles. The van der Waals surface area contributed by atoms with Crippen molar-refractivity contribution >= 4 is 22.6 Å². The van der Waals surface area contributed by atoms with Gasteiger partial charge in [-0.15, -0.1) is 0 Å². The predicted octanol–water partition coefficient (Wildman–Crippen LogP) is 4.27. The molecule has 2 N–H and O–H groups in total. The standard InChI is InChI=1S/C21H26INO2/c1-24-20-13-17(14-23-18-10-6-3-7-11-18)12-19(22)21(20)25-15-16-8-4-2-5-9-16/h2,4-5,8-9,12-13,18,23H,3,6-7,10-11,14-15H2,1H3/p+1. The summed E-state index contributed by atoms with van der Waals surface area (Å²) in [5.41, 5.74) is 2.47. The van der Waals surface area contributed by atoms with Gasteiger partial charge in [0.25, 0.3) is 0 Å². The van der Waals surface area contributed by atoms with Crippen LogP contribution in [0.5, 0.6) is 11.5 Å². The van der Waals surface area contributed by atoms with Gasteiger partial charge >= 0.3 is 0 Å². The van der Waals surface area contributed by atoms with E-state index in [1.54, 1.807) is 7.11 Å². The molecule has 1 saturated carbocycles. The molecule has 0 aromatic heterocycles. The van der Waals surface area contributed by atoms with Gasteiger partial charge in [0.15, 0.2) is 11.5 Å². The number of nitrogens with two attached hydrogens (primary N) is 1. The summed E-state index contributed by atoms with van der Waals surface area (Å²) in [4.78, 5) is 0. The van der Waals surface area contributed by atoms with Gasteiger partial charge in [-0.1, -0.05) is 36.8 Å². The smallest absolute Gasteiger partial charge is 0.174 e. The van der Waals surface area contributed by atoms with Gasteiger partial charge in [-0.2, -0.15) is 0 Å². The van der Waals surface area contributed by atoms with Crippen molar-refractivity contribution in [2.45, 2.75) is 51.3 Å². The second-order valence-electron chi connectivity index (χ2n) is 6.72. The number of halogens is 1. The van der Waals surface area contributed by atoms with Crippen molar-refractivity contribution in [3.8, 4) is 11.5 Å². The van der Waals surface area contributed by atoms with Crippen LogP contribution in [0.3, 0.4) is 0 Å². The molecule has 0 atom stereocenters. The van der Waals surface area contributed by atoms with E-state index in [2.05, 4.69) is 52.2 Å². The van der Waals surface area contributed by atoms with Crippen LogP contribution in [0.15, 0.2) is 42.5 Å². The van der Waals surface area contributed by atoms with Crippen molar-refractivity contribution in [2.24, 2.45) is 0 Å². The van der Waals surface area contributed by atoms with Crippen LogP contribution in [0.1, 0.15) is 43.2 Å². The first-order valence-corrected chi connectivity index (χ1v) is 10.2. The molecule has 3 rings (SSSR count). The van der Waals surface area contributed by atoms with E-state index < -0.39 is 0 Å². The van der Waals surface area contributed by atoms with Crippen molar-refractivity contribution in [3.63, 3.8) is 0 Å². The molecular formula is C21H27INO2+. The number of hydrogen-bond donors (Lipinski definition) is 1. The summed E-state index contributed by atoms with van der Waals surface area (Å²) in [6.07, 6.45) is 6.88. The predicted molar refractivity (Wildman–Crippen MR) is 109 cm³/mol. The highest BCUT2D eigenvalue weighted by molar-refractivity contribution is 14.1. The Morgan fingerprint density at radius 2 is 1.80 bits per heavy atom. The first-order chi connectivity index (χ1) is 12.3. The van der Waals surface area contributed by atoms with Crippen molar-refractivity contribution in [1.82, 2.24) is 0 Å². The highest BCUT2D eigenvalue weighted by Crippen LogP contribution is 2.34. The summed E-state index contributed by atoms with van der Waals surface area (Å²) in [5, 5.41) is 2.49. The molecule has 25 heavy (non-hydrogen) atoms. The zero-order chi connectivity index (χ0) is 17.5. The minimum atomic E-state index is 0.556. The summed E-state index contributed by atoms with van der Waals surface area (Å²) >= 11 is 2.35. The van der Waals surface area contributed by atoms with E-state index in [-0.39, 0.29) is 0 Å². The van der Waals surface area contributed by atoms with Crippen LogP contribution >= 0.6 is 22.6 Å². The van der Waals surface area contributed by atoms with Gasteiger partial charge in [0.2, 0.25) is 0 Å². The average Bonchev–Trinajstić information content (AvgIpc) is 2.66. The lowest BCUT2D eigenvalue weighted by Crippen LogP contribution is -2.88. The van der Waals surface area contributed by atoms with Crippen molar-refractivity contribution < 1.29 is 14.8 Å². The highest BCUT2D eigenvalue weighted by Gasteiger charge is 2.17. The zero-order valence-corrected chi connectivity index (χ0v) is 17.0. The number of ether oxygens (including phenoxy) is 2. The second-order valence-corrected chi connectivity index (χ2v) is 7.88. The number of quaternary nitrogens is 1. The molecule has 4 heteroatoms. The Hall–Kier alpha value is -1.27.